The number of aromatic nitrogens is 3. The van der Waals surface area contributed by atoms with E-state index in [9.17, 15) is 19.4 Å². The second kappa shape index (κ2) is 7.17. The molecule has 0 unspecified atom stereocenters. The van der Waals surface area contributed by atoms with Crippen LogP contribution in [0.3, 0.4) is 0 Å². The molecule has 1 aliphatic rings. The van der Waals surface area contributed by atoms with Crippen molar-refractivity contribution >= 4 is 34.6 Å². The third-order valence-corrected chi connectivity index (χ3v) is 4.61. The molecule has 0 radical (unpaired) electrons. The highest BCUT2D eigenvalue weighted by atomic mass is 35.5. The zero-order valence-electron chi connectivity index (χ0n) is 14.4. The largest absolute Gasteiger partial charge is 0.507 e. The van der Waals surface area contributed by atoms with Gasteiger partial charge in [0.2, 0.25) is 5.95 Å². The highest BCUT2D eigenvalue weighted by Gasteiger charge is 2.22. The Bertz CT molecular complexity index is 1090. The molecule has 0 amide bonds. The molecule has 0 aliphatic carbocycles. The predicted molar refractivity (Wildman–Crippen MR) is 99.4 cm³/mol. The molecular weight excluding hydrogens is 391 g/mol. The molecule has 0 atom stereocenters. The van der Waals surface area contributed by atoms with Gasteiger partial charge in [-0.3, -0.25) is 0 Å². The van der Waals surface area contributed by atoms with Crippen molar-refractivity contribution in [1.82, 2.24) is 15.0 Å². The Morgan fingerprint density at radius 3 is 2.57 bits per heavy atom. The lowest BCUT2D eigenvalue weighted by Crippen LogP contribution is -2.37. The van der Waals surface area contributed by atoms with Crippen LogP contribution in [0, 0.1) is 5.82 Å². The number of hydrogen-bond acceptors (Lipinski definition) is 7. The van der Waals surface area contributed by atoms with Crippen LogP contribution >= 0.6 is 11.6 Å². The summed E-state index contributed by atoms with van der Waals surface area (Å²) in [5.74, 6) is -1.91. The van der Waals surface area contributed by atoms with Gasteiger partial charge in [0.15, 0.2) is 5.69 Å². The molecule has 1 aromatic carbocycles. The van der Waals surface area contributed by atoms with Gasteiger partial charge in [-0.05, 0) is 18.2 Å². The number of carbonyl (C=O) groups is 1. The van der Waals surface area contributed by atoms with Crippen molar-refractivity contribution in [2.75, 3.05) is 31.2 Å². The summed E-state index contributed by atoms with van der Waals surface area (Å²) in [6.45, 7) is 2.11. The number of aromatic hydroxyl groups is 1. The van der Waals surface area contributed by atoms with Crippen LogP contribution in [0.2, 0.25) is 5.02 Å². The van der Waals surface area contributed by atoms with E-state index >= 15 is 0 Å². The molecule has 1 saturated heterocycles. The molecule has 1 fully saturated rings. The Morgan fingerprint density at radius 1 is 1.14 bits per heavy atom. The van der Waals surface area contributed by atoms with Crippen molar-refractivity contribution in [2.45, 2.75) is 0 Å². The minimum absolute atomic E-state index is 0.0853. The lowest BCUT2D eigenvalue weighted by atomic mass is 10.1. The van der Waals surface area contributed by atoms with E-state index in [0.717, 1.165) is 6.07 Å². The number of phenols is 1. The minimum atomic E-state index is -1.27. The minimum Gasteiger partial charge on any atom is -0.507 e. The molecule has 10 heteroatoms. The summed E-state index contributed by atoms with van der Waals surface area (Å²) < 4.78 is 18.8. The van der Waals surface area contributed by atoms with Crippen molar-refractivity contribution in [1.29, 1.82) is 0 Å². The first-order valence-electron chi connectivity index (χ1n) is 8.37. The number of anilines is 1. The van der Waals surface area contributed by atoms with Gasteiger partial charge in [-0.15, -0.1) is 0 Å². The maximum absolute atomic E-state index is 13.5. The third-order valence-electron chi connectivity index (χ3n) is 4.32. The normalized spacial score (nSPS) is 14.4. The van der Waals surface area contributed by atoms with Gasteiger partial charge >= 0.3 is 5.97 Å². The molecule has 3 aromatic rings. The predicted octanol–water partition coefficient (Wildman–Crippen LogP) is 2.72. The van der Waals surface area contributed by atoms with E-state index in [2.05, 4.69) is 15.0 Å². The molecular formula is C18H14ClFN4O4. The summed E-state index contributed by atoms with van der Waals surface area (Å²) in [4.78, 5) is 26.3. The molecule has 0 bridgehead atoms. The van der Waals surface area contributed by atoms with Crippen molar-refractivity contribution in [3.05, 3.63) is 40.8 Å². The number of carboxylic acid groups (broad SMARTS) is 1. The Hall–Kier alpha value is -3.04. The Morgan fingerprint density at radius 2 is 1.89 bits per heavy atom. The average Bonchev–Trinajstić information content (AvgIpc) is 2.68. The summed E-state index contributed by atoms with van der Waals surface area (Å²) in [6.07, 6.45) is 0. The van der Waals surface area contributed by atoms with E-state index in [1.165, 1.54) is 18.2 Å². The zero-order valence-corrected chi connectivity index (χ0v) is 15.1. The smallest absolute Gasteiger partial charge is 0.354 e. The van der Waals surface area contributed by atoms with Crippen LogP contribution in [0.5, 0.6) is 5.75 Å². The number of aromatic carboxylic acids is 1. The molecule has 2 aromatic heterocycles. The maximum Gasteiger partial charge on any atom is 0.354 e. The van der Waals surface area contributed by atoms with E-state index < -0.39 is 11.8 Å². The summed E-state index contributed by atoms with van der Waals surface area (Å²) >= 11 is 6.28. The van der Waals surface area contributed by atoms with Crippen molar-refractivity contribution in [3.63, 3.8) is 0 Å². The van der Waals surface area contributed by atoms with Gasteiger partial charge in [-0.2, -0.15) is 0 Å². The van der Waals surface area contributed by atoms with Crippen molar-refractivity contribution in [3.8, 4) is 17.0 Å². The first kappa shape index (κ1) is 18.3. The van der Waals surface area contributed by atoms with Crippen LogP contribution in [-0.2, 0) is 4.74 Å². The number of fused-ring (bicyclic) bond motifs is 1. The number of carboxylic acids is 1. The Balaban J connectivity index is 2.01. The summed E-state index contributed by atoms with van der Waals surface area (Å²) in [5, 5.41) is 19.6. The monoisotopic (exact) mass is 404 g/mol. The van der Waals surface area contributed by atoms with Gasteiger partial charge in [0, 0.05) is 24.7 Å². The maximum atomic E-state index is 13.5. The number of hydrogen-bond donors (Lipinski definition) is 2. The summed E-state index contributed by atoms with van der Waals surface area (Å²) in [6, 6.07) is 4.66. The number of phenolic OH excluding ortho intramolecular Hbond substituents is 1. The van der Waals surface area contributed by atoms with Gasteiger partial charge in [-0.25, -0.2) is 24.1 Å². The van der Waals surface area contributed by atoms with Gasteiger partial charge in [-0.1, -0.05) is 11.6 Å². The fraction of sp³-hybridized carbons (Fsp3) is 0.222. The quantitative estimate of drug-likeness (QED) is 0.686. The second-order valence-corrected chi connectivity index (χ2v) is 6.53. The topological polar surface area (TPSA) is 109 Å². The summed E-state index contributed by atoms with van der Waals surface area (Å²) in [5.41, 5.74) is 0.400. The van der Waals surface area contributed by atoms with Crippen LogP contribution < -0.4 is 4.90 Å². The standard InChI is InChI=1S/C18H14ClFN4O4/c19-11-8-12(17(26)27)21-16-14(10-2-1-9(20)7-13(10)25)22-18(23-15(11)16)24-3-5-28-6-4-24/h1-2,7-8,25H,3-6H2,(H,26,27). The van der Waals surface area contributed by atoms with E-state index in [-0.39, 0.29) is 38.8 Å². The number of nitrogens with zero attached hydrogens (tertiary/aromatic N) is 4. The number of benzene rings is 1. The van der Waals surface area contributed by atoms with E-state index in [4.69, 9.17) is 16.3 Å². The Labute approximate surface area is 163 Å². The van der Waals surface area contributed by atoms with Gasteiger partial charge in [0.25, 0.3) is 0 Å². The highest BCUT2D eigenvalue weighted by Crippen LogP contribution is 2.35. The lowest BCUT2D eigenvalue weighted by molar-refractivity contribution is 0.0691. The van der Waals surface area contributed by atoms with Gasteiger partial charge in [0.05, 0.1) is 18.2 Å². The first-order valence-corrected chi connectivity index (χ1v) is 8.75. The average molecular weight is 405 g/mol. The fourth-order valence-electron chi connectivity index (χ4n) is 2.96. The highest BCUT2D eigenvalue weighted by molar-refractivity contribution is 6.35. The molecule has 8 nitrogen and oxygen atoms in total. The molecule has 2 N–H and O–H groups in total. The number of rotatable bonds is 3. The number of halogens is 2. The number of ether oxygens (including phenoxy) is 1. The molecule has 0 saturated carbocycles. The lowest BCUT2D eigenvalue weighted by Gasteiger charge is -2.27. The summed E-state index contributed by atoms with van der Waals surface area (Å²) in [7, 11) is 0. The zero-order chi connectivity index (χ0) is 19.8. The van der Waals surface area contributed by atoms with E-state index in [1.54, 1.807) is 0 Å². The molecule has 0 spiro atoms. The molecule has 144 valence electrons. The fourth-order valence-corrected chi connectivity index (χ4v) is 3.20. The SMILES string of the molecule is O=C(O)c1cc(Cl)c2nc(N3CCOCC3)nc(-c3ccc(F)cc3O)c2n1. The van der Waals surface area contributed by atoms with E-state index in [1.807, 2.05) is 4.90 Å². The van der Waals surface area contributed by atoms with Gasteiger partial charge in [0.1, 0.15) is 28.3 Å². The molecule has 4 rings (SSSR count). The Kier molecular flexibility index (Phi) is 4.70. The number of pyridine rings is 1. The second-order valence-electron chi connectivity index (χ2n) is 6.12. The van der Waals surface area contributed by atoms with E-state index in [0.29, 0.717) is 32.3 Å². The number of morpholine rings is 1. The molecule has 1 aliphatic heterocycles. The van der Waals surface area contributed by atoms with Crippen LogP contribution in [-0.4, -0.2) is 57.4 Å². The van der Waals surface area contributed by atoms with Crippen LogP contribution in [0.15, 0.2) is 24.3 Å². The molecule has 3 heterocycles. The van der Waals surface area contributed by atoms with Crippen molar-refractivity contribution in [2.24, 2.45) is 0 Å². The first-order chi connectivity index (χ1) is 13.4. The van der Waals surface area contributed by atoms with Crippen LogP contribution in [0.4, 0.5) is 10.3 Å². The third kappa shape index (κ3) is 3.30. The van der Waals surface area contributed by atoms with Gasteiger partial charge < -0.3 is 19.8 Å². The van der Waals surface area contributed by atoms with Crippen LogP contribution in [0.25, 0.3) is 22.3 Å². The molecule has 28 heavy (non-hydrogen) atoms. The van der Waals surface area contributed by atoms with Crippen LogP contribution in [0.1, 0.15) is 10.5 Å². The van der Waals surface area contributed by atoms with Crippen molar-refractivity contribution < 1.29 is 24.1 Å².